The van der Waals surface area contributed by atoms with E-state index in [4.69, 9.17) is 27.9 Å². The van der Waals surface area contributed by atoms with Gasteiger partial charge in [-0.2, -0.15) is 0 Å². The van der Waals surface area contributed by atoms with Gasteiger partial charge in [-0.3, -0.25) is 9.59 Å². The zero-order chi connectivity index (χ0) is 26.5. The summed E-state index contributed by atoms with van der Waals surface area (Å²) in [6.45, 7) is 8.01. The molecule has 1 aliphatic carbocycles. The van der Waals surface area contributed by atoms with Gasteiger partial charge in [0.15, 0.2) is 6.61 Å². The lowest BCUT2D eigenvalue weighted by atomic mass is 9.87. The molecule has 8 heteroatoms. The molecular formula is C28H35BrCl2N2O3. The normalized spacial score (nSPS) is 15.3. The highest BCUT2D eigenvalue weighted by atomic mass is 79.9. The molecular weight excluding hydrogens is 563 g/mol. The van der Waals surface area contributed by atoms with E-state index in [1.54, 1.807) is 25.1 Å². The fraction of sp³-hybridized carbons (Fsp3) is 0.500. The van der Waals surface area contributed by atoms with Crippen LogP contribution in [-0.2, 0) is 21.5 Å². The van der Waals surface area contributed by atoms with Gasteiger partial charge in [0.2, 0.25) is 5.91 Å². The molecule has 0 aliphatic heterocycles. The highest BCUT2D eigenvalue weighted by molar-refractivity contribution is 9.10. The summed E-state index contributed by atoms with van der Waals surface area (Å²) in [6.07, 6.45) is 5.33. The molecule has 0 aromatic heterocycles. The summed E-state index contributed by atoms with van der Waals surface area (Å²) in [4.78, 5) is 28.1. The first kappa shape index (κ1) is 28.8. The number of amides is 2. The molecule has 0 unspecified atom stereocenters. The predicted molar refractivity (Wildman–Crippen MR) is 150 cm³/mol. The van der Waals surface area contributed by atoms with Crippen LogP contribution in [0.2, 0.25) is 10.0 Å². The summed E-state index contributed by atoms with van der Waals surface area (Å²) in [5, 5.41) is 4.02. The quantitative estimate of drug-likeness (QED) is 0.347. The first-order chi connectivity index (χ1) is 17.0. The average Bonchev–Trinajstić information content (AvgIpc) is 2.82. The van der Waals surface area contributed by atoms with E-state index in [0.29, 0.717) is 21.4 Å². The van der Waals surface area contributed by atoms with Crippen LogP contribution in [0.15, 0.2) is 40.9 Å². The van der Waals surface area contributed by atoms with Gasteiger partial charge in [-0.05, 0) is 70.9 Å². The number of carbonyl (C=O) groups is 2. The molecule has 0 spiro atoms. The molecule has 1 atom stereocenters. The monoisotopic (exact) mass is 596 g/mol. The van der Waals surface area contributed by atoms with Gasteiger partial charge >= 0.3 is 0 Å². The van der Waals surface area contributed by atoms with Crippen molar-refractivity contribution in [2.24, 2.45) is 0 Å². The maximum absolute atomic E-state index is 13.4. The molecule has 2 aromatic rings. The Kier molecular flexibility index (Phi) is 10.1. The van der Waals surface area contributed by atoms with Gasteiger partial charge in [0.25, 0.3) is 5.91 Å². The molecule has 2 amide bonds. The first-order valence-corrected chi connectivity index (χ1v) is 14.0. The van der Waals surface area contributed by atoms with Crippen LogP contribution in [0.25, 0.3) is 0 Å². The molecule has 2 aromatic carbocycles. The van der Waals surface area contributed by atoms with Crippen LogP contribution in [0.1, 0.15) is 70.9 Å². The Morgan fingerprint density at radius 1 is 1.11 bits per heavy atom. The van der Waals surface area contributed by atoms with Gasteiger partial charge in [0.05, 0.1) is 4.47 Å². The number of nitrogens with zero attached hydrogens (tertiary/aromatic N) is 1. The van der Waals surface area contributed by atoms with Crippen LogP contribution in [0.3, 0.4) is 0 Å². The molecule has 0 radical (unpaired) electrons. The van der Waals surface area contributed by atoms with Crippen molar-refractivity contribution in [3.8, 4) is 5.75 Å². The lowest BCUT2D eigenvalue weighted by Gasteiger charge is -2.31. The third-order valence-electron chi connectivity index (χ3n) is 6.66. The minimum atomic E-state index is -0.720. The second kappa shape index (κ2) is 12.7. The van der Waals surface area contributed by atoms with Crippen LogP contribution in [-0.4, -0.2) is 35.4 Å². The molecule has 3 rings (SSSR count). The molecule has 0 heterocycles. The van der Waals surface area contributed by atoms with Crippen LogP contribution >= 0.6 is 39.1 Å². The number of carbonyl (C=O) groups excluding carboxylic acids is 2. The Bertz CT molecular complexity index is 1060. The topological polar surface area (TPSA) is 58.6 Å². The van der Waals surface area contributed by atoms with E-state index in [1.807, 2.05) is 18.2 Å². The second-order valence-electron chi connectivity index (χ2n) is 10.4. The Morgan fingerprint density at radius 2 is 1.75 bits per heavy atom. The van der Waals surface area contributed by atoms with E-state index in [2.05, 4.69) is 42.0 Å². The first-order valence-electron chi connectivity index (χ1n) is 12.4. The van der Waals surface area contributed by atoms with Gasteiger partial charge in [-0.25, -0.2) is 0 Å². The van der Waals surface area contributed by atoms with Gasteiger partial charge in [-0.15, -0.1) is 0 Å². The number of rotatable bonds is 8. The Balaban J connectivity index is 1.78. The summed E-state index contributed by atoms with van der Waals surface area (Å²) >= 11 is 16.4. The molecule has 36 heavy (non-hydrogen) atoms. The van der Waals surface area contributed by atoms with Crippen molar-refractivity contribution in [3.05, 3.63) is 62.0 Å². The minimum absolute atomic E-state index is 0.0109. The van der Waals surface area contributed by atoms with Crippen LogP contribution in [0.5, 0.6) is 5.75 Å². The van der Waals surface area contributed by atoms with Gasteiger partial charge in [-0.1, -0.05) is 75.4 Å². The lowest BCUT2D eigenvalue weighted by molar-refractivity contribution is -0.142. The zero-order valence-corrected chi connectivity index (χ0v) is 24.5. The maximum atomic E-state index is 13.4. The molecule has 1 aliphatic rings. The SMILES string of the molecule is C[C@H](C(=O)NC1CCCCC1)N(Cc1c(Cl)cccc1Cl)C(=O)COc1ccc(C(C)(C)C)cc1Br. The van der Waals surface area contributed by atoms with E-state index in [-0.39, 0.29) is 36.4 Å². The van der Waals surface area contributed by atoms with Crippen molar-refractivity contribution < 1.29 is 14.3 Å². The summed E-state index contributed by atoms with van der Waals surface area (Å²) in [5.41, 5.74) is 1.74. The van der Waals surface area contributed by atoms with E-state index in [1.165, 1.54) is 11.3 Å². The summed E-state index contributed by atoms with van der Waals surface area (Å²) in [7, 11) is 0. The molecule has 0 bridgehead atoms. The van der Waals surface area contributed by atoms with Crippen molar-refractivity contribution in [1.82, 2.24) is 10.2 Å². The summed E-state index contributed by atoms with van der Waals surface area (Å²) in [5.74, 6) is 0.0459. The molecule has 0 saturated heterocycles. The van der Waals surface area contributed by atoms with Gasteiger partial charge in [0.1, 0.15) is 11.8 Å². The van der Waals surface area contributed by atoms with Crippen molar-refractivity contribution in [1.29, 1.82) is 0 Å². The number of hydrogen-bond donors (Lipinski definition) is 1. The van der Waals surface area contributed by atoms with Gasteiger partial charge < -0.3 is 15.0 Å². The number of benzene rings is 2. The van der Waals surface area contributed by atoms with Crippen molar-refractivity contribution in [2.45, 2.75) is 83.8 Å². The van der Waals surface area contributed by atoms with E-state index in [9.17, 15) is 9.59 Å². The third kappa shape index (κ3) is 7.62. The molecule has 196 valence electrons. The number of hydrogen-bond acceptors (Lipinski definition) is 3. The highest BCUT2D eigenvalue weighted by Crippen LogP contribution is 2.32. The molecule has 1 N–H and O–H groups in total. The molecule has 1 saturated carbocycles. The fourth-order valence-electron chi connectivity index (χ4n) is 4.31. The average molecular weight is 598 g/mol. The maximum Gasteiger partial charge on any atom is 0.261 e. The van der Waals surface area contributed by atoms with Gasteiger partial charge in [0, 0.05) is 28.2 Å². The zero-order valence-electron chi connectivity index (χ0n) is 21.4. The Hall–Kier alpha value is -1.76. The van der Waals surface area contributed by atoms with Crippen molar-refractivity contribution >= 4 is 50.9 Å². The van der Waals surface area contributed by atoms with Crippen molar-refractivity contribution in [3.63, 3.8) is 0 Å². The molecule has 5 nitrogen and oxygen atoms in total. The Morgan fingerprint density at radius 3 is 2.33 bits per heavy atom. The van der Waals surface area contributed by atoms with E-state index >= 15 is 0 Å². The van der Waals surface area contributed by atoms with Crippen LogP contribution in [0.4, 0.5) is 0 Å². The highest BCUT2D eigenvalue weighted by Gasteiger charge is 2.29. The smallest absolute Gasteiger partial charge is 0.261 e. The third-order valence-corrected chi connectivity index (χ3v) is 7.99. The molecule has 1 fully saturated rings. The Labute approximate surface area is 233 Å². The standard InChI is InChI=1S/C28H35BrCl2N2O3/c1-18(27(35)32-20-9-6-5-7-10-20)33(16-21-23(30)11-8-12-24(21)31)26(34)17-36-25-14-13-19(15-22(25)29)28(2,3)4/h8,11-15,18,20H,5-7,9-10,16-17H2,1-4H3,(H,32,35)/t18-/m1/s1. The van der Waals surface area contributed by atoms with Crippen LogP contribution < -0.4 is 10.1 Å². The van der Waals surface area contributed by atoms with E-state index < -0.39 is 6.04 Å². The fourth-order valence-corrected chi connectivity index (χ4v) is 5.32. The predicted octanol–water partition coefficient (Wildman–Crippen LogP) is 7.30. The lowest BCUT2D eigenvalue weighted by Crippen LogP contribution is -2.51. The van der Waals surface area contributed by atoms with Crippen molar-refractivity contribution in [2.75, 3.05) is 6.61 Å². The number of nitrogens with one attached hydrogen (secondary N) is 1. The number of ether oxygens (including phenoxy) is 1. The van der Waals surface area contributed by atoms with E-state index in [0.717, 1.165) is 35.7 Å². The van der Waals surface area contributed by atoms with Crippen LogP contribution in [0, 0.1) is 0 Å². The minimum Gasteiger partial charge on any atom is -0.483 e. The summed E-state index contributed by atoms with van der Waals surface area (Å²) in [6, 6.07) is 10.5. The number of halogens is 3. The second-order valence-corrected chi connectivity index (χ2v) is 12.1. The largest absolute Gasteiger partial charge is 0.483 e. The summed E-state index contributed by atoms with van der Waals surface area (Å²) < 4.78 is 6.66.